The Hall–Kier alpha value is -1.06. The molecular formula is C19H33IN4O2. The first-order chi connectivity index (χ1) is 12.0. The summed E-state index contributed by atoms with van der Waals surface area (Å²) in [6.07, 6.45) is 0. The molecule has 148 valence electrons. The summed E-state index contributed by atoms with van der Waals surface area (Å²) in [6, 6.07) is 8.15. The first-order valence-corrected chi connectivity index (χ1v) is 8.97. The van der Waals surface area contributed by atoms with Gasteiger partial charge in [-0.15, -0.1) is 24.0 Å². The minimum Gasteiger partial charge on any atom is -0.492 e. The van der Waals surface area contributed by atoms with E-state index in [0.717, 1.165) is 50.1 Å². The molecule has 0 unspecified atom stereocenters. The number of hydrogen-bond donors (Lipinski definition) is 2. The minimum atomic E-state index is -0.0317. The van der Waals surface area contributed by atoms with Gasteiger partial charge in [-0.3, -0.25) is 9.89 Å². The highest BCUT2D eigenvalue weighted by atomic mass is 127. The predicted octanol–water partition coefficient (Wildman–Crippen LogP) is 2.48. The molecule has 1 saturated heterocycles. The van der Waals surface area contributed by atoms with Crippen LogP contribution in [0.1, 0.15) is 26.3 Å². The zero-order valence-corrected chi connectivity index (χ0v) is 18.7. The molecule has 1 aliphatic rings. The molecule has 6 nitrogen and oxygen atoms in total. The van der Waals surface area contributed by atoms with E-state index < -0.39 is 0 Å². The Morgan fingerprint density at radius 1 is 1.23 bits per heavy atom. The van der Waals surface area contributed by atoms with Crippen molar-refractivity contribution in [2.45, 2.75) is 32.9 Å². The van der Waals surface area contributed by atoms with E-state index in [1.807, 2.05) is 18.2 Å². The third kappa shape index (κ3) is 8.55. The molecule has 0 aliphatic carbocycles. The number of guanidine groups is 1. The first kappa shape index (κ1) is 23.0. The average molecular weight is 476 g/mol. The minimum absolute atomic E-state index is 0. The second kappa shape index (κ2) is 11.6. The fourth-order valence-electron chi connectivity index (χ4n) is 2.61. The SMILES string of the molecule is CN=C(NCc1ccccc1OCCN1CCOCC1)NC(C)(C)C.I. The second-order valence-corrected chi connectivity index (χ2v) is 7.21. The summed E-state index contributed by atoms with van der Waals surface area (Å²) in [6.45, 7) is 12.2. The highest BCUT2D eigenvalue weighted by Gasteiger charge is 2.13. The fourth-order valence-corrected chi connectivity index (χ4v) is 2.61. The normalized spacial score (nSPS) is 15.9. The van der Waals surface area contributed by atoms with Gasteiger partial charge in [0.2, 0.25) is 0 Å². The van der Waals surface area contributed by atoms with E-state index >= 15 is 0 Å². The van der Waals surface area contributed by atoms with Gasteiger partial charge in [0.15, 0.2) is 5.96 Å². The standard InChI is InChI=1S/C19H32N4O2.HI/c1-19(2,3)22-18(20-4)21-15-16-7-5-6-8-17(16)25-14-11-23-9-12-24-13-10-23;/h5-8H,9-15H2,1-4H3,(H2,20,21,22);1H. The third-order valence-electron chi connectivity index (χ3n) is 3.90. The zero-order chi connectivity index (χ0) is 18.1. The van der Waals surface area contributed by atoms with Gasteiger partial charge in [0.25, 0.3) is 0 Å². The van der Waals surface area contributed by atoms with E-state index in [2.05, 4.69) is 47.4 Å². The number of ether oxygens (including phenoxy) is 2. The molecule has 1 aromatic rings. The molecule has 1 aliphatic heterocycles. The lowest BCUT2D eigenvalue weighted by molar-refractivity contribution is 0.0322. The quantitative estimate of drug-likeness (QED) is 0.376. The van der Waals surface area contributed by atoms with Gasteiger partial charge in [0.05, 0.1) is 13.2 Å². The monoisotopic (exact) mass is 476 g/mol. The Morgan fingerprint density at radius 3 is 2.58 bits per heavy atom. The van der Waals surface area contributed by atoms with Gasteiger partial charge < -0.3 is 20.1 Å². The van der Waals surface area contributed by atoms with Crippen molar-refractivity contribution < 1.29 is 9.47 Å². The maximum Gasteiger partial charge on any atom is 0.191 e. The Bertz CT molecular complexity index is 555. The van der Waals surface area contributed by atoms with E-state index in [0.29, 0.717) is 13.2 Å². The van der Waals surface area contributed by atoms with Crippen LogP contribution in [-0.2, 0) is 11.3 Å². The number of nitrogens with one attached hydrogen (secondary N) is 2. The molecule has 0 saturated carbocycles. The van der Waals surface area contributed by atoms with Crippen LogP contribution in [0.3, 0.4) is 0 Å². The van der Waals surface area contributed by atoms with Crippen LogP contribution >= 0.6 is 24.0 Å². The molecule has 0 aromatic heterocycles. The number of aliphatic imine (C=N–C) groups is 1. The fraction of sp³-hybridized carbons (Fsp3) is 0.632. The first-order valence-electron chi connectivity index (χ1n) is 8.97. The van der Waals surface area contributed by atoms with Crippen LogP contribution in [0, 0.1) is 0 Å². The molecule has 0 radical (unpaired) electrons. The van der Waals surface area contributed by atoms with Gasteiger partial charge >= 0.3 is 0 Å². The van der Waals surface area contributed by atoms with Crippen molar-refractivity contribution in [2.24, 2.45) is 4.99 Å². The van der Waals surface area contributed by atoms with E-state index in [-0.39, 0.29) is 29.5 Å². The lowest BCUT2D eigenvalue weighted by Gasteiger charge is -2.26. The van der Waals surface area contributed by atoms with Crippen LogP contribution in [0.5, 0.6) is 5.75 Å². The number of halogens is 1. The van der Waals surface area contributed by atoms with Crippen LogP contribution in [-0.4, -0.2) is 62.9 Å². The largest absolute Gasteiger partial charge is 0.492 e. The van der Waals surface area contributed by atoms with Gasteiger partial charge in [-0.05, 0) is 26.8 Å². The smallest absolute Gasteiger partial charge is 0.191 e. The van der Waals surface area contributed by atoms with Crippen molar-refractivity contribution >= 4 is 29.9 Å². The lowest BCUT2D eigenvalue weighted by Crippen LogP contribution is -2.47. The van der Waals surface area contributed by atoms with Crippen molar-refractivity contribution in [2.75, 3.05) is 46.5 Å². The molecule has 1 aromatic carbocycles. The average Bonchev–Trinajstić information content (AvgIpc) is 2.59. The van der Waals surface area contributed by atoms with E-state index in [1.165, 1.54) is 0 Å². The Labute approximate surface area is 174 Å². The van der Waals surface area contributed by atoms with Crippen LogP contribution in [0.15, 0.2) is 29.3 Å². The van der Waals surface area contributed by atoms with Crippen molar-refractivity contribution in [1.29, 1.82) is 0 Å². The van der Waals surface area contributed by atoms with Crippen molar-refractivity contribution in [3.05, 3.63) is 29.8 Å². The number of nitrogens with zero attached hydrogens (tertiary/aromatic N) is 2. The molecule has 7 heteroatoms. The lowest BCUT2D eigenvalue weighted by atomic mass is 10.1. The maximum absolute atomic E-state index is 6.02. The molecule has 0 spiro atoms. The van der Waals surface area contributed by atoms with Crippen LogP contribution in [0.25, 0.3) is 0 Å². The van der Waals surface area contributed by atoms with Gasteiger partial charge in [0.1, 0.15) is 12.4 Å². The Morgan fingerprint density at radius 2 is 1.92 bits per heavy atom. The molecule has 26 heavy (non-hydrogen) atoms. The highest BCUT2D eigenvalue weighted by Crippen LogP contribution is 2.17. The van der Waals surface area contributed by atoms with E-state index in [1.54, 1.807) is 7.05 Å². The molecule has 0 bridgehead atoms. The molecular weight excluding hydrogens is 443 g/mol. The van der Waals surface area contributed by atoms with Crippen molar-refractivity contribution in [3.8, 4) is 5.75 Å². The van der Waals surface area contributed by atoms with Crippen LogP contribution in [0.4, 0.5) is 0 Å². The number of rotatable bonds is 6. The summed E-state index contributed by atoms with van der Waals surface area (Å²) < 4.78 is 11.4. The van der Waals surface area contributed by atoms with Gasteiger partial charge in [-0.1, -0.05) is 18.2 Å². The third-order valence-corrected chi connectivity index (χ3v) is 3.90. The maximum atomic E-state index is 6.02. The van der Waals surface area contributed by atoms with Gasteiger partial charge in [0, 0.05) is 44.3 Å². The Balaban J connectivity index is 0.00000338. The summed E-state index contributed by atoms with van der Waals surface area (Å²) in [5.41, 5.74) is 1.09. The van der Waals surface area contributed by atoms with Crippen molar-refractivity contribution in [1.82, 2.24) is 15.5 Å². The highest BCUT2D eigenvalue weighted by molar-refractivity contribution is 14.0. The molecule has 0 amide bonds. The van der Waals surface area contributed by atoms with Crippen LogP contribution in [0.2, 0.25) is 0 Å². The van der Waals surface area contributed by atoms with Gasteiger partial charge in [-0.25, -0.2) is 0 Å². The summed E-state index contributed by atoms with van der Waals surface area (Å²) in [5.74, 6) is 1.71. The number of morpholine rings is 1. The predicted molar refractivity (Wildman–Crippen MR) is 118 cm³/mol. The summed E-state index contributed by atoms with van der Waals surface area (Å²) in [4.78, 5) is 6.65. The summed E-state index contributed by atoms with van der Waals surface area (Å²) in [5, 5.41) is 6.72. The topological polar surface area (TPSA) is 58.1 Å². The second-order valence-electron chi connectivity index (χ2n) is 7.21. The number of benzene rings is 1. The number of hydrogen-bond acceptors (Lipinski definition) is 4. The molecule has 0 atom stereocenters. The van der Waals surface area contributed by atoms with Crippen molar-refractivity contribution in [3.63, 3.8) is 0 Å². The zero-order valence-electron chi connectivity index (χ0n) is 16.4. The molecule has 2 N–H and O–H groups in total. The molecule has 2 rings (SSSR count). The van der Waals surface area contributed by atoms with Crippen LogP contribution < -0.4 is 15.4 Å². The Kier molecular flexibility index (Phi) is 10.3. The number of para-hydroxylation sites is 1. The van der Waals surface area contributed by atoms with Gasteiger partial charge in [-0.2, -0.15) is 0 Å². The molecule has 1 heterocycles. The molecule has 1 fully saturated rings. The van der Waals surface area contributed by atoms with E-state index in [4.69, 9.17) is 9.47 Å². The summed E-state index contributed by atoms with van der Waals surface area (Å²) >= 11 is 0. The summed E-state index contributed by atoms with van der Waals surface area (Å²) in [7, 11) is 1.78. The van der Waals surface area contributed by atoms with E-state index in [9.17, 15) is 0 Å².